The van der Waals surface area contributed by atoms with Crippen molar-refractivity contribution in [1.29, 1.82) is 0 Å². The first-order valence-corrected chi connectivity index (χ1v) is 6.44. The van der Waals surface area contributed by atoms with Gasteiger partial charge in [0, 0.05) is 5.56 Å². The predicted molar refractivity (Wildman–Crippen MR) is 76.0 cm³/mol. The zero-order chi connectivity index (χ0) is 14.0. The summed E-state index contributed by atoms with van der Waals surface area (Å²) in [6, 6.07) is 8.44. The molecule has 6 heteroatoms. The van der Waals surface area contributed by atoms with Gasteiger partial charge in [0.1, 0.15) is 0 Å². The predicted octanol–water partition coefficient (Wildman–Crippen LogP) is 4.34. The molecule has 0 fully saturated rings. The Morgan fingerprint density at radius 2 is 1.84 bits per heavy atom. The third-order valence-electron chi connectivity index (χ3n) is 2.46. The highest BCUT2D eigenvalue weighted by Crippen LogP contribution is 2.33. The monoisotopic (exact) mass is 315 g/mol. The number of nitrogens with zero attached hydrogens (tertiary/aromatic N) is 1. The van der Waals surface area contributed by atoms with Gasteiger partial charge in [0.2, 0.25) is 0 Å². The average Bonchev–Trinajstić information content (AvgIpc) is 2.35. The van der Waals surface area contributed by atoms with E-state index in [1.54, 1.807) is 30.3 Å². The molecule has 98 valence electrons. The fourth-order valence-corrected chi connectivity index (χ4v) is 2.17. The Balaban J connectivity index is 2.51. The van der Waals surface area contributed by atoms with Gasteiger partial charge in [-0.1, -0.05) is 46.9 Å². The molecule has 0 saturated carbocycles. The molecule has 1 aromatic carbocycles. The molecular formula is C13H8Cl3NO2. The number of hydrogen-bond donors (Lipinski definition) is 1. The van der Waals surface area contributed by atoms with E-state index in [0.29, 0.717) is 32.0 Å². The topological polar surface area (TPSA) is 50.2 Å². The minimum Gasteiger partial charge on any atom is -0.481 e. The summed E-state index contributed by atoms with van der Waals surface area (Å²) in [5.41, 5.74) is 1.47. The zero-order valence-electron chi connectivity index (χ0n) is 9.53. The van der Waals surface area contributed by atoms with Crippen LogP contribution in [0.25, 0.3) is 11.3 Å². The molecule has 0 spiro atoms. The lowest BCUT2D eigenvalue weighted by Gasteiger charge is -2.08. The number of pyridine rings is 1. The first-order valence-electron chi connectivity index (χ1n) is 5.30. The molecule has 0 saturated heterocycles. The third kappa shape index (κ3) is 3.18. The van der Waals surface area contributed by atoms with Gasteiger partial charge in [-0.3, -0.25) is 9.78 Å². The highest BCUT2D eigenvalue weighted by atomic mass is 35.5. The third-order valence-corrected chi connectivity index (χ3v) is 3.63. The highest BCUT2D eigenvalue weighted by molar-refractivity contribution is 6.43. The Kier molecular flexibility index (Phi) is 4.30. The van der Waals surface area contributed by atoms with Crippen LogP contribution in [0, 0.1) is 0 Å². The maximum atomic E-state index is 10.7. The molecule has 19 heavy (non-hydrogen) atoms. The van der Waals surface area contributed by atoms with Gasteiger partial charge in [-0.2, -0.15) is 0 Å². The maximum absolute atomic E-state index is 10.7. The quantitative estimate of drug-likeness (QED) is 0.916. The second-order valence-electron chi connectivity index (χ2n) is 3.80. The van der Waals surface area contributed by atoms with Crippen molar-refractivity contribution in [2.24, 2.45) is 0 Å². The number of halogens is 3. The van der Waals surface area contributed by atoms with Gasteiger partial charge in [-0.05, 0) is 18.2 Å². The second kappa shape index (κ2) is 5.78. The van der Waals surface area contributed by atoms with Crippen molar-refractivity contribution in [3.8, 4) is 11.3 Å². The largest absolute Gasteiger partial charge is 0.481 e. The summed E-state index contributed by atoms with van der Waals surface area (Å²) < 4.78 is 0. The normalized spacial score (nSPS) is 10.5. The van der Waals surface area contributed by atoms with Gasteiger partial charge in [0.25, 0.3) is 0 Å². The minimum atomic E-state index is -0.997. The molecule has 0 radical (unpaired) electrons. The van der Waals surface area contributed by atoms with Crippen LogP contribution in [-0.4, -0.2) is 16.1 Å². The Labute approximate surface area is 124 Å². The van der Waals surface area contributed by atoms with Crippen molar-refractivity contribution in [2.75, 3.05) is 0 Å². The fraction of sp³-hybridized carbons (Fsp3) is 0.0769. The molecule has 0 unspecified atom stereocenters. The van der Waals surface area contributed by atoms with Crippen LogP contribution >= 0.6 is 34.8 Å². The number of benzene rings is 1. The van der Waals surface area contributed by atoms with Crippen molar-refractivity contribution >= 4 is 40.8 Å². The van der Waals surface area contributed by atoms with Crippen LogP contribution < -0.4 is 0 Å². The average molecular weight is 317 g/mol. The van der Waals surface area contributed by atoms with Gasteiger partial charge in [0.05, 0.1) is 32.9 Å². The molecule has 2 rings (SSSR count). The summed E-state index contributed by atoms with van der Waals surface area (Å²) in [6.45, 7) is 0. The lowest BCUT2D eigenvalue weighted by atomic mass is 10.1. The second-order valence-corrected chi connectivity index (χ2v) is 4.99. The van der Waals surface area contributed by atoms with E-state index in [-0.39, 0.29) is 6.42 Å². The summed E-state index contributed by atoms with van der Waals surface area (Å²) in [5.74, 6) is -0.997. The molecule has 1 N–H and O–H groups in total. The molecule has 0 atom stereocenters. The number of aliphatic carboxylic acids is 1. The smallest absolute Gasteiger partial charge is 0.309 e. The SMILES string of the molecule is O=C(O)Cc1nc(-c2cccc(Cl)c2Cl)ccc1Cl. The Morgan fingerprint density at radius 1 is 1.11 bits per heavy atom. The van der Waals surface area contributed by atoms with E-state index < -0.39 is 5.97 Å². The number of carboxylic acids is 1. The van der Waals surface area contributed by atoms with Gasteiger partial charge < -0.3 is 5.11 Å². The van der Waals surface area contributed by atoms with Crippen molar-refractivity contribution in [3.05, 3.63) is 51.1 Å². The molecule has 2 aromatic rings. The first kappa shape index (κ1) is 14.1. The number of rotatable bonds is 3. The minimum absolute atomic E-state index is 0.245. The maximum Gasteiger partial charge on any atom is 0.309 e. The van der Waals surface area contributed by atoms with Crippen molar-refractivity contribution in [2.45, 2.75) is 6.42 Å². The molecule has 0 aliphatic rings. The first-order chi connectivity index (χ1) is 8.99. The van der Waals surface area contributed by atoms with Crippen LogP contribution in [0.2, 0.25) is 15.1 Å². The summed E-state index contributed by atoms with van der Waals surface area (Å²) in [6.07, 6.45) is -0.245. The van der Waals surface area contributed by atoms with Crippen LogP contribution in [0.15, 0.2) is 30.3 Å². The Hall–Kier alpha value is -1.29. The van der Waals surface area contributed by atoms with Crippen LogP contribution in [0.5, 0.6) is 0 Å². The summed E-state index contributed by atoms with van der Waals surface area (Å²) in [5, 5.41) is 9.90. The number of carboxylic acid groups (broad SMARTS) is 1. The van der Waals surface area contributed by atoms with Crippen molar-refractivity contribution < 1.29 is 9.90 Å². The molecule has 3 nitrogen and oxygen atoms in total. The van der Waals surface area contributed by atoms with Crippen LogP contribution in [-0.2, 0) is 11.2 Å². The lowest BCUT2D eigenvalue weighted by molar-refractivity contribution is -0.136. The van der Waals surface area contributed by atoms with Crippen LogP contribution in [0.3, 0.4) is 0 Å². The zero-order valence-corrected chi connectivity index (χ0v) is 11.8. The lowest BCUT2D eigenvalue weighted by Crippen LogP contribution is -2.03. The summed E-state index contributed by atoms with van der Waals surface area (Å²) in [4.78, 5) is 15.0. The van der Waals surface area contributed by atoms with Gasteiger partial charge in [-0.25, -0.2) is 0 Å². The van der Waals surface area contributed by atoms with Crippen LogP contribution in [0.4, 0.5) is 0 Å². The van der Waals surface area contributed by atoms with E-state index in [4.69, 9.17) is 39.9 Å². The summed E-state index contributed by atoms with van der Waals surface area (Å²) in [7, 11) is 0. The molecule has 0 amide bonds. The molecular weight excluding hydrogens is 309 g/mol. The molecule has 0 bridgehead atoms. The number of hydrogen-bond acceptors (Lipinski definition) is 2. The van der Waals surface area contributed by atoms with E-state index in [9.17, 15) is 4.79 Å². The number of carbonyl (C=O) groups is 1. The summed E-state index contributed by atoms with van der Waals surface area (Å²) >= 11 is 18.0. The van der Waals surface area contributed by atoms with E-state index in [2.05, 4.69) is 4.98 Å². The van der Waals surface area contributed by atoms with E-state index in [0.717, 1.165) is 0 Å². The fourth-order valence-electron chi connectivity index (χ4n) is 1.60. The van der Waals surface area contributed by atoms with Gasteiger partial charge in [0.15, 0.2) is 0 Å². The van der Waals surface area contributed by atoms with E-state index in [1.807, 2.05) is 0 Å². The molecule has 0 aliphatic carbocycles. The Morgan fingerprint density at radius 3 is 2.53 bits per heavy atom. The van der Waals surface area contributed by atoms with E-state index >= 15 is 0 Å². The number of aromatic nitrogens is 1. The van der Waals surface area contributed by atoms with Crippen molar-refractivity contribution in [1.82, 2.24) is 4.98 Å². The van der Waals surface area contributed by atoms with Crippen LogP contribution in [0.1, 0.15) is 5.69 Å². The van der Waals surface area contributed by atoms with Gasteiger partial charge >= 0.3 is 5.97 Å². The van der Waals surface area contributed by atoms with Crippen molar-refractivity contribution in [3.63, 3.8) is 0 Å². The van der Waals surface area contributed by atoms with Gasteiger partial charge in [-0.15, -0.1) is 0 Å². The Bertz CT molecular complexity index is 644. The standard InChI is InChI=1S/C13H8Cl3NO2/c14-8-4-5-10(17-11(8)6-12(18)19)7-2-1-3-9(15)13(7)16/h1-5H,6H2,(H,18,19). The highest BCUT2D eigenvalue weighted by Gasteiger charge is 2.12. The molecule has 1 heterocycles. The van der Waals surface area contributed by atoms with E-state index in [1.165, 1.54) is 0 Å². The molecule has 0 aliphatic heterocycles. The molecule has 1 aromatic heterocycles.